The van der Waals surface area contributed by atoms with E-state index in [0.717, 1.165) is 12.1 Å². The van der Waals surface area contributed by atoms with Crippen LogP contribution in [-0.2, 0) is 9.31 Å². The van der Waals surface area contributed by atoms with Crippen LogP contribution >= 0.6 is 0 Å². The van der Waals surface area contributed by atoms with Gasteiger partial charge in [-0.2, -0.15) is 0 Å². The van der Waals surface area contributed by atoms with E-state index in [1.807, 2.05) is 12.1 Å². The summed E-state index contributed by atoms with van der Waals surface area (Å²) in [5.74, 6) is 1.45. The van der Waals surface area contributed by atoms with Crippen molar-refractivity contribution >= 4 is 13.2 Å². The molecular weight excluding hydrogens is 311 g/mol. The molecule has 4 heteroatoms. The molecule has 2 aliphatic rings. The number of methoxy groups -OCH3 is 1. The first kappa shape index (κ1) is 18.5. The molecule has 1 unspecified atom stereocenters. The molecule has 3 nitrogen and oxygen atoms in total. The molecule has 1 saturated heterocycles. The average molecular weight is 342 g/mol. The molecule has 1 saturated carbocycles. The number of ether oxygens (including phenoxy) is 1. The highest BCUT2D eigenvalue weighted by Gasteiger charge is 2.51. The van der Waals surface area contributed by atoms with Gasteiger partial charge in [-0.05, 0) is 76.9 Å². The van der Waals surface area contributed by atoms with Crippen molar-refractivity contribution in [1.82, 2.24) is 0 Å². The molecule has 2 fully saturated rings. The molecule has 1 aromatic rings. The lowest BCUT2D eigenvalue weighted by Gasteiger charge is -2.32. The molecule has 1 aliphatic heterocycles. The summed E-state index contributed by atoms with van der Waals surface area (Å²) in [5.41, 5.74) is 2.29. The Hall–Kier alpha value is -1.26. The highest BCUT2D eigenvalue weighted by atomic mass is 16.7. The Morgan fingerprint density at radius 3 is 2.32 bits per heavy atom. The number of hydrogen-bond donors (Lipinski definition) is 0. The van der Waals surface area contributed by atoms with Crippen molar-refractivity contribution in [1.29, 1.82) is 0 Å². The van der Waals surface area contributed by atoms with E-state index >= 15 is 0 Å². The quantitative estimate of drug-likeness (QED) is 0.689. The molecule has 0 bridgehead atoms. The number of benzene rings is 1. The van der Waals surface area contributed by atoms with E-state index in [-0.39, 0.29) is 18.3 Å². The van der Waals surface area contributed by atoms with E-state index in [1.54, 1.807) is 7.11 Å². The van der Waals surface area contributed by atoms with E-state index in [0.29, 0.717) is 5.92 Å². The standard InChI is InChI=1S/C21H31BO3/c1-20(2)21(3,4)25-22(24-20)15-18-9-7-6-8-17(18)14-16-10-12-19(23-5)13-11-16/h10-14,18H,6-9,15H2,1-5H3/b17-14+. The van der Waals surface area contributed by atoms with Crippen molar-refractivity contribution in [3.63, 3.8) is 0 Å². The number of hydrogen-bond acceptors (Lipinski definition) is 3. The second-order valence-corrected chi connectivity index (χ2v) is 8.36. The largest absolute Gasteiger partial charge is 0.497 e. The van der Waals surface area contributed by atoms with Gasteiger partial charge in [-0.25, -0.2) is 0 Å². The monoisotopic (exact) mass is 342 g/mol. The maximum atomic E-state index is 6.23. The van der Waals surface area contributed by atoms with Crippen LogP contribution in [0, 0.1) is 5.92 Å². The summed E-state index contributed by atoms with van der Waals surface area (Å²) in [5, 5.41) is 0. The van der Waals surface area contributed by atoms with Crippen LogP contribution in [0.1, 0.15) is 58.9 Å². The van der Waals surface area contributed by atoms with Crippen LogP contribution in [0.4, 0.5) is 0 Å². The summed E-state index contributed by atoms with van der Waals surface area (Å²) in [7, 11) is 1.60. The van der Waals surface area contributed by atoms with Crippen LogP contribution in [0.15, 0.2) is 29.8 Å². The molecule has 136 valence electrons. The second-order valence-electron chi connectivity index (χ2n) is 8.36. The molecule has 0 radical (unpaired) electrons. The fourth-order valence-electron chi connectivity index (χ4n) is 3.78. The Kier molecular flexibility index (Phi) is 5.31. The molecule has 1 aliphatic carbocycles. The van der Waals surface area contributed by atoms with Crippen molar-refractivity contribution in [3.8, 4) is 5.75 Å². The maximum absolute atomic E-state index is 6.23. The lowest BCUT2D eigenvalue weighted by Crippen LogP contribution is -2.41. The topological polar surface area (TPSA) is 27.7 Å². The second kappa shape index (κ2) is 7.16. The molecular formula is C21H31BO3. The summed E-state index contributed by atoms with van der Waals surface area (Å²) >= 11 is 0. The lowest BCUT2D eigenvalue weighted by molar-refractivity contribution is 0.00578. The molecule has 25 heavy (non-hydrogen) atoms. The smallest absolute Gasteiger partial charge is 0.458 e. The third kappa shape index (κ3) is 4.12. The molecule has 1 atom stereocenters. The number of allylic oxidation sites excluding steroid dienone is 1. The first-order valence-electron chi connectivity index (χ1n) is 9.51. The van der Waals surface area contributed by atoms with Crippen LogP contribution in [0.5, 0.6) is 5.75 Å². The van der Waals surface area contributed by atoms with Crippen molar-refractivity contribution < 1.29 is 14.0 Å². The minimum Gasteiger partial charge on any atom is -0.497 e. The predicted octanol–water partition coefficient (Wildman–Crippen LogP) is 5.36. The van der Waals surface area contributed by atoms with Gasteiger partial charge in [0.05, 0.1) is 18.3 Å². The van der Waals surface area contributed by atoms with E-state index in [4.69, 9.17) is 14.0 Å². The minimum absolute atomic E-state index is 0.104. The van der Waals surface area contributed by atoms with Crippen LogP contribution in [0.3, 0.4) is 0 Å². The van der Waals surface area contributed by atoms with Gasteiger partial charge in [0.15, 0.2) is 0 Å². The summed E-state index contributed by atoms with van der Waals surface area (Å²) in [6, 6.07) is 8.31. The van der Waals surface area contributed by atoms with Crippen molar-refractivity contribution in [2.24, 2.45) is 5.92 Å². The highest BCUT2D eigenvalue weighted by molar-refractivity contribution is 6.45. The SMILES string of the molecule is COc1ccc(/C=C2\CCCCC2CB2OC(C)(C)C(C)(C)O2)cc1. The first-order chi connectivity index (χ1) is 11.8. The molecule has 0 N–H and O–H groups in total. The number of rotatable bonds is 4. The average Bonchev–Trinajstić information content (AvgIpc) is 2.77. The summed E-state index contributed by atoms with van der Waals surface area (Å²) in [4.78, 5) is 0. The molecule has 0 amide bonds. The lowest BCUT2D eigenvalue weighted by atomic mass is 9.69. The Bertz CT molecular complexity index is 603. The van der Waals surface area contributed by atoms with Crippen LogP contribution in [0.25, 0.3) is 6.08 Å². The van der Waals surface area contributed by atoms with Crippen LogP contribution in [0.2, 0.25) is 6.32 Å². The molecule has 0 aromatic heterocycles. The van der Waals surface area contributed by atoms with Gasteiger partial charge in [0.1, 0.15) is 5.75 Å². The Morgan fingerprint density at radius 1 is 1.08 bits per heavy atom. The summed E-state index contributed by atoms with van der Waals surface area (Å²) < 4.78 is 17.7. The predicted molar refractivity (Wildman–Crippen MR) is 104 cm³/mol. The van der Waals surface area contributed by atoms with Gasteiger partial charge < -0.3 is 14.0 Å². The van der Waals surface area contributed by atoms with E-state index < -0.39 is 0 Å². The fraction of sp³-hybridized carbons (Fsp3) is 0.619. The Balaban J connectivity index is 1.72. The Morgan fingerprint density at radius 2 is 1.72 bits per heavy atom. The zero-order valence-corrected chi connectivity index (χ0v) is 16.3. The van der Waals surface area contributed by atoms with E-state index in [9.17, 15) is 0 Å². The van der Waals surface area contributed by atoms with Gasteiger partial charge >= 0.3 is 7.12 Å². The van der Waals surface area contributed by atoms with Gasteiger partial charge in [0, 0.05) is 0 Å². The molecule has 0 spiro atoms. The third-order valence-electron chi connectivity index (χ3n) is 6.04. The maximum Gasteiger partial charge on any atom is 0.458 e. The zero-order chi connectivity index (χ0) is 18.1. The molecule has 1 aromatic carbocycles. The van der Waals surface area contributed by atoms with Crippen LogP contribution in [-0.4, -0.2) is 25.4 Å². The highest BCUT2D eigenvalue weighted by Crippen LogP contribution is 2.41. The first-order valence-corrected chi connectivity index (χ1v) is 9.51. The third-order valence-corrected chi connectivity index (χ3v) is 6.04. The van der Waals surface area contributed by atoms with Crippen molar-refractivity contribution in [3.05, 3.63) is 35.4 Å². The fourth-order valence-corrected chi connectivity index (χ4v) is 3.78. The molecule has 1 heterocycles. The van der Waals surface area contributed by atoms with Crippen molar-refractivity contribution in [2.75, 3.05) is 7.11 Å². The molecule has 3 rings (SSSR count). The minimum atomic E-state index is -0.244. The van der Waals surface area contributed by atoms with Gasteiger partial charge in [0.25, 0.3) is 0 Å². The van der Waals surface area contributed by atoms with E-state index in [2.05, 4.69) is 45.9 Å². The zero-order valence-electron chi connectivity index (χ0n) is 16.3. The summed E-state index contributed by atoms with van der Waals surface area (Å²) in [6.07, 6.45) is 8.29. The normalized spacial score (nSPS) is 26.8. The van der Waals surface area contributed by atoms with E-state index in [1.165, 1.54) is 36.8 Å². The Labute approximate surface area is 152 Å². The van der Waals surface area contributed by atoms with Gasteiger partial charge in [-0.15, -0.1) is 0 Å². The van der Waals surface area contributed by atoms with Crippen molar-refractivity contribution in [2.45, 2.75) is 70.9 Å². The van der Waals surface area contributed by atoms with Crippen LogP contribution < -0.4 is 4.74 Å². The van der Waals surface area contributed by atoms with Gasteiger partial charge in [-0.3, -0.25) is 0 Å². The van der Waals surface area contributed by atoms with Gasteiger partial charge in [-0.1, -0.05) is 30.2 Å². The van der Waals surface area contributed by atoms with Gasteiger partial charge in [0.2, 0.25) is 0 Å². The summed E-state index contributed by atoms with van der Waals surface area (Å²) in [6.45, 7) is 8.51.